The van der Waals surface area contributed by atoms with E-state index in [1.54, 1.807) is 0 Å². The summed E-state index contributed by atoms with van der Waals surface area (Å²) < 4.78 is 51.5. The van der Waals surface area contributed by atoms with Crippen LogP contribution in [0.4, 0.5) is 4.39 Å². The first-order chi connectivity index (χ1) is 16.2. The van der Waals surface area contributed by atoms with Crippen LogP contribution in [-0.4, -0.2) is 48.2 Å². The van der Waals surface area contributed by atoms with Crippen molar-refractivity contribution in [3.05, 3.63) is 64.4 Å². The summed E-state index contributed by atoms with van der Waals surface area (Å²) in [6, 6.07) is 9.07. The predicted octanol–water partition coefficient (Wildman–Crippen LogP) is 2.72. The fourth-order valence-corrected chi connectivity index (χ4v) is 5.39. The van der Waals surface area contributed by atoms with Crippen molar-refractivity contribution in [2.45, 2.75) is 43.7 Å². The van der Waals surface area contributed by atoms with E-state index in [9.17, 15) is 27.2 Å². The molecule has 1 aliphatic heterocycles. The molecule has 9 nitrogen and oxygen atoms in total. The molecule has 11 heteroatoms. The maximum absolute atomic E-state index is 13.0. The minimum absolute atomic E-state index is 0.0374. The lowest BCUT2D eigenvalue weighted by Crippen LogP contribution is -2.27. The van der Waals surface area contributed by atoms with Gasteiger partial charge in [-0.2, -0.15) is 4.31 Å². The van der Waals surface area contributed by atoms with Gasteiger partial charge in [0.2, 0.25) is 15.8 Å². The number of halogens is 1. The zero-order valence-corrected chi connectivity index (χ0v) is 19.2. The molecule has 0 N–H and O–H groups in total. The molecule has 180 valence electrons. The summed E-state index contributed by atoms with van der Waals surface area (Å²) in [4.78, 5) is 36.9. The molecule has 1 aromatic heterocycles. The predicted molar refractivity (Wildman–Crippen MR) is 119 cm³/mol. The molecule has 0 saturated carbocycles. The van der Waals surface area contributed by atoms with E-state index in [0.29, 0.717) is 18.6 Å². The summed E-state index contributed by atoms with van der Waals surface area (Å²) in [6.45, 7) is 2.23. The maximum Gasteiger partial charge on any atom is 0.419 e. The number of ether oxygens (including phenoxy) is 1. The van der Waals surface area contributed by atoms with Gasteiger partial charge in [-0.3, -0.25) is 14.2 Å². The molecule has 3 aromatic rings. The lowest BCUT2D eigenvalue weighted by Gasteiger charge is -2.15. The van der Waals surface area contributed by atoms with Crippen molar-refractivity contribution < 1.29 is 31.6 Å². The number of aryl methyl sites for hydroxylation is 1. The number of aromatic nitrogens is 1. The van der Waals surface area contributed by atoms with Crippen LogP contribution in [0.25, 0.3) is 11.1 Å². The number of nitrogens with zero attached hydrogens (tertiary/aromatic N) is 2. The highest BCUT2D eigenvalue weighted by Crippen LogP contribution is 2.24. The van der Waals surface area contributed by atoms with Crippen LogP contribution in [-0.2, 0) is 26.1 Å². The molecular formula is C23H23FN2O7S. The SMILES string of the molecule is CC(OC(=O)CCn1c(=O)oc2cc(S(=O)(=O)N3CCCC3)ccc21)C(=O)c1ccc(F)cc1. The van der Waals surface area contributed by atoms with Crippen molar-refractivity contribution in [2.75, 3.05) is 13.1 Å². The van der Waals surface area contributed by atoms with Gasteiger partial charge < -0.3 is 9.15 Å². The smallest absolute Gasteiger partial charge is 0.419 e. The molecular weight excluding hydrogens is 467 g/mol. The zero-order valence-electron chi connectivity index (χ0n) is 18.4. The summed E-state index contributed by atoms with van der Waals surface area (Å²) in [5, 5.41) is 0. The topological polar surface area (TPSA) is 116 Å². The second-order valence-electron chi connectivity index (χ2n) is 8.01. The highest BCUT2D eigenvalue weighted by Gasteiger charge is 2.28. The van der Waals surface area contributed by atoms with Gasteiger partial charge >= 0.3 is 11.7 Å². The van der Waals surface area contributed by atoms with E-state index in [1.807, 2.05) is 0 Å². The molecule has 34 heavy (non-hydrogen) atoms. The van der Waals surface area contributed by atoms with E-state index >= 15 is 0 Å². The van der Waals surface area contributed by atoms with Crippen LogP contribution < -0.4 is 5.76 Å². The van der Waals surface area contributed by atoms with E-state index in [-0.39, 0.29) is 29.0 Å². The zero-order chi connectivity index (χ0) is 24.5. The molecule has 1 atom stereocenters. The van der Waals surface area contributed by atoms with Gasteiger partial charge in [0.25, 0.3) is 0 Å². The van der Waals surface area contributed by atoms with E-state index in [4.69, 9.17) is 9.15 Å². The van der Waals surface area contributed by atoms with E-state index in [0.717, 1.165) is 25.0 Å². The Hall–Kier alpha value is -3.31. The Morgan fingerprint density at radius 2 is 1.79 bits per heavy atom. The van der Waals surface area contributed by atoms with Gasteiger partial charge in [-0.25, -0.2) is 17.6 Å². The van der Waals surface area contributed by atoms with Gasteiger partial charge in [-0.1, -0.05) is 0 Å². The van der Waals surface area contributed by atoms with Crippen LogP contribution in [0, 0.1) is 5.82 Å². The third kappa shape index (κ3) is 4.80. The van der Waals surface area contributed by atoms with Crippen molar-refractivity contribution in [2.24, 2.45) is 0 Å². The van der Waals surface area contributed by atoms with Crippen LogP contribution in [0.1, 0.15) is 36.5 Å². The van der Waals surface area contributed by atoms with Crippen LogP contribution in [0.5, 0.6) is 0 Å². The monoisotopic (exact) mass is 490 g/mol. The number of hydrogen-bond donors (Lipinski definition) is 0. The van der Waals surface area contributed by atoms with Crippen molar-refractivity contribution in [3.8, 4) is 0 Å². The molecule has 1 saturated heterocycles. The Morgan fingerprint density at radius 3 is 2.47 bits per heavy atom. The number of sulfonamides is 1. The van der Waals surface area contributed by atoms with E-state index in [2.05, 4.69) is 0 Å². The van der Waals surface area contributed by atoms with Gasteiger partial charge in [-0.05, 0) is 56.2 Å². The van der Waals surface area contributed by atoms with Crippen LogP contribution >= 0.6 is 0 Å². The number of hydrogen-bond acceptors (Lipinski definition) is 7. The standard InChI is InChI=1S/C23H23FN2O7S/c1-15(22(28)16-4-6-17(24)7-5-16)32-21(27)10-13-26-19-9-8-18(14-20(19)33-23(26)29)34(30,31)25-11-2-3-12-25/h4-9,14-15H,2-3,10-13H2,1H3. The molecule has 0 aliphatic carbocycles. The summed E-state index contributed by atoms with van der Waals surface area (Å²) >= 11 is 0. The molecule has 1 fully saturated rings. The summed E-state index contributed by atoms with van der Waals surface area (Å²) in [6.07, 6.45) is 0.298. The number of Topliss-reactive ketones (excluding diaryl/α,β-unsaturated/α-hetero) is 1. The Labute approximate surface area is 194 Å². The Bertz CT molecular complexity index is 1390. The number of carbonyl (C=O) groups is 2. The van der Waals surface area contributed by atoms with E-state index < -0.39 is 39.5 Å². The highest BCUT2D eigenvalue weighted by atomic mass is 32.2. The number of benzene rings is 2. The highest BCUT2D eigenvalue weighted by molar-refractivity contribution is 7.89. The second kappa shape index (κ2) is 9.51. The third-order valence-corrected chi connectivity index (χ3v) is 7.58. The molecule has 0 radical (unpaired) electrons. The molecule has 2 heterocycles. The number of oxazole rings is 1. The number of carbonyl (C=O) groups excluding carboxylic acids is 2. The minimum Gasteiger partial charge on any atom is -0.454 e. The first-order valence-corrected chi connectivity index (χ1v) is 12.2. The normalized spacial score (nSPS) is 15.5. The summed E-state index contributed by atoms with van der Waals surface area (Å²) in [5.41, 5.74) is 0.644. The molecule has 1 unspecified atom stereocenters. The number of esters is 1. The van der Waals surface area contributed by atoms with Crippen LogP contribution in [0.15, 0.2) is 56.6 Å². The molecule has 1 aliphatic rings. The molecule has 0 bridgehead atoms. The van der Waals surface area contributed by atoms with Gasteiger partial charge in [0.1, 0.15) is 5.82 Å². The average molecular weight is 491 g/mol. The number of fused-ring (bicyclic) bond motifs is 1. The second-order valence-corrected chi connectivity index (χ2v) is 9.95. The molecule has 2 aromatic carbocycles. The van der Waals surface area contributed by atoms with Crippen LogP contribution in [0.3, 0.4) is 0 Å². The van der Waals surface area contributed by atoms with Gasteiger partial charge in [0.05, 0.1) is 16.8 Å². The lowest BCUT2D eigenvalue weighted by molar-refractivity contribution is -0.146. The first-order valence-electron chi connectivity index (χ1n) is 10.8. The maximum atomic E-state index is 13.0. The Kier molecular flexibility index (Phi) is 6.67. The van der Waals surface area contributed by atoms with Crippen molar-refractivity contribution in [1.29, 1.82) is 0 Å². The molecule has 4 rings (SSSR count). The largest absolute Gasteiger partial charge is 0.454 e. The molecule has 0 spiro atoms. The summed E-state index contributed by atoms with van der Waals surface area (Å²) in [5.74, 6) is -2.42. The first kappa shape index (κ1) is 23.8. The fourth-order valence-electron chi connectivity index (χ4n) is 3.86. The molecule has 0 amide bonds. The van der Waals surface area contributed by atoms with Gasteiger partial charge in [-0.15, -0.1) is 0 Å². The quantitative estimate of drug-likeness (QED) is 0.352. The van der Waals surface area contributed by atoms with Crippen molar-refractivity contribution in [3.63, 3.8) is 0 Å². The van der Waals surface area contributed by atoms with Crippen LogP contribution in [0.2, 0.25) is 0 Å². The van der Waals surface area contributed by atoms with Crippen molar-refractivity contribution in [1.82, 2.24) is 8.87 Å². The summed E-state index contributed by atoms with van der Waals surface area (Å²) in [7, 11) is -3.67. The third-order valence-electron chi connectivity index (χ3n) is 5.69. The Morgan fingerprint density at radius 1 is 1.12 bits per heavy atom. The van der Waals surface area contributed by atoms with E-state index in [1.165, 1.54) is 46.1 Å². The minimum atomic E-state index is -3.67. The number of ketones is 1. The van der Waals surface area contributed by atoms with Gasteiger partial charge in [0, 0.05) is 31.3 Å². The lowest BCUT2D eigenvalue weighted by atomic mass is 10.1. The fraction of sp³-hybridized carbons (Fsp3) is 0.348. The Balaban J connectivity index is 1.43. The number of rotatable bonds is 8. The van der Waals surface area contributed by atoms with Crippen molar-refractivity contribution >= 4 is 32.9 Å². The average Bonchev–Trinajstić information content (AvgIpc) is 3.45. The van der Waals surface area contributed by atoms with Gasteiger partial charge in [0.15, 0.2) is 11.7 Å².